The summed E-state index contributed by atoms with van der Waals surface area (Å²) in [5, 5.41) is 50.1. The maximum absolute atomic E-state index is 11.9. The molecule has 0 aliphatic carbocycles. The topological polar surface area (TPSA) is 379 Å². The van der Waals surface area contributed by atoms with Crippen molar-refractivity contribution >= 4 is 170 Å². The molecule has 2 unspecified atom stereocenters. The van der Waals surface area contributed by atoms with Crippen molar-refractivity contribution < 1.29 is 43.3 Å². The van der Waals surface area contributed by atoms with Crippen LogP contribution in [0.25, 0.3) is 54.5 Å². The summed E-state index contributed by atoms with van der Waals surface area (Å²) in [5.41, 5.74) is 11.1. The number of carbonyl (C=O) groups excluding carboxylic acids is 2. The van der Waals surface area contributed by atoms with Gasteiger partial charge < -0.3 is 24.9 Å². The highest BCUT2D eigenvalue weighted by Gasteiger charge is 2.40. The van der Waals surface area contributed by atoms with Crippen LogP contribution in [0.15, 0.2) is 110 Å². The first-order valence-corrected chi connectivity index (χ1v) is 46.6. The third kappa shape index (κ3) is 20.7. The molecule has 0 radical (unpaired) electrons. The molecule has 620 valence electrons. The average molecular weight is 1720 g/mol. The van der Waals surface area contributed by atoms with Gasteiger partial charge in [-0.25, -0.2) is 47.0 Å². The second-order valence-electron chi connectivity index (χ2n) is 32.0. The molecule has 2 amide bonds. The van der Waals surface area contributed by atoms with Gasteiger partial charge >= 0.3 is 0 Å². The molecule has 11 aromatic rings. The number of H-pyrrole nitrogens is 5. The SMILES string of the molecule is CC(=O)N(C)c1cc(C2CCN(S(C)(=O)=O)CC2)c2cn[nH]c2c1.CC(=O)NC1CCN(c2cc(Cl)cc3[nH]ncc23)CC1(C)C.CC1(C)CN(c2cc(Cl)cc3[nH]ncc23)CCC1NS(C)(=O)=O.CN(c1cc(C2CCN(S(C)(=O)=O)CC2)c2cn[nH]c2c1)S(C)(=O)=O.Clc1cc(N2CCC(n3cccn3)CC2)c2cn[nH]c2c1. The van der Waals surface area contributed by atoms with Crippen LogP contribution in [-0.4, -0.2) is 232 Å². The lowest BCUT2D eigenvalue weighted by atomic mass is 9.78. The number of aromatic nitrogens is 12. The molecule has 5 aliphatic rings. The van der Waals surface area contributed by atoms with E-state index in [1.54, 1.807) is 43.5 Å². The summed E-state index contributed by atoms with van der Waals surface area (Å²) in [5.74, 6) is 0.410. The van der Waals surface area contributed by atoms with E-state index in [0.717, 1.165) is 172 Å². The zero-order valence-corrected chi connectivity index (χ0v) is 72.2. The first kappa shape index (κ1) is 85.7. The number of nitrogens with zero attached hydrogens (tertiary/aromatic N) is 14. The van der Waals surface area contributed by atoms with E-state index in [9.17, 15) is 43.3 Å². The highest BCUT2D eigenvalue weighted by Crippen LogP contribution is 2.42. The molecule has 5 aromatic carbocycles. The van der Waals surface area contributed by atoms with Gasteiger partial charge in [0.1, 0.15) is 0 Å². The lowest BCUT2D eigenvalue weighted by Crippen LogP contribution is -2.55. The smallest absolute Gasteiger partial charge is 0.231 e. The van der Waals surface area contributed by atoms with Crippen molar-refractivity contribution in [2.24, 2.45) is 10.8 Å². The number of rotatable bonds is 14. The molecule has 0 spiro atoms. The summed E-state index contributed by atoms with van der Waals surface area (Å²) in [7, 11) is -9.63. The summed E-state index contributed by atoms with van der Waals surface area (Å²) in [6, 6.07) is 21.8. The number of anilines is 5. The third-order valence-electron chi connectivity index (χ3n) is 22.7. The minimum absolute atomic E-state index is 0.0116. The quantitative estimate of drug-likeness (QED) is 0.0532. The molecule has 5 aliphatic heterocycles. The average Bonchev–Trinajstić information content (AvgIpc) is 1.78. The van der Waals surface area contributed by atoms with Crippen molar-refractivity contribution in [1.29, 1.82) is 0 Å². The second kappa shape index (κ2) is 34.9. The Morgan fingerprint density at radius 3 is 1.22 bits per heavy atom. The maximum atomic E-state index is 11.9. The van der Waals surface area contributed by atoms with Crippen molar-refractivity contribution in [3.63, 3.8) is 0 Å². The fraction of sp³-hybridized carbons (Fsp3) is 0.481. The number of fused-ring (bicyclic) bond motifs is 5. The van der Waals surface area contributed by atoms with Crippen LogP contribution < -0.4 is 33.9 Å². The van der Waals surface area contributed by atoms with Gasteiger partial charge in [-0.1, -0.05) is 62.5 Å². The molecule has 16 rings (SSSR count). The van der Waals surface area contributed by atoms with Crippen LogP contribution >= 0.6 is 34.8 Å². The molecule has 38 heteroatoms. The summed E-state index contributed by atoms with van der Waals surface area (Å²) >= 11 is 18.7. The van der Waals surface area contributed by atoms with Crippen LogP contribution in [0.5, 0.6) is 0 Å². The number of benzene rings is 5. The van der Waals surface area contributed by atoms with Gasteiger partial charge in [0.05, 0.1) is 95.3 Å². The van der Waals surface area contributed by atoms with Crippen LogP contribution in [0, 0.1) is 10.8 Å². The minimum Gasteiger partial charge on any atom is -0.371 e. The van der Waals surface area contributed by atoms with E-state index in [-0.39, 0.29) is 46.6 Å². The number of nitrogens with one attached hydrogen (secondary N) is 7. The van der Waals surface area contributed by atoms with E-state index < -0.39 is 40.1 Å². The second-order valence-corrected chi connectivity index (χ2v) is 41.0. The number of aromatic amines is 5. The van der Waals surface area contributed by atoms with Crippen LogP contribution in [0.2, 0.25) is 15.1 Å². The molecule has 5 saturated heterocycles. The lowest BCUT2D eigenvalue weighted by molar-refractivity contribution is -0.120. The van der Waals surface area contributed by atoms with E-state index >= 15 is 0 Å². The summed E-state index contributed by atoms with van der Waals surface area (Å²) < 4.78 is 103. The Balaban J connectivity index is 0.000000133. The highest BCUT2D eigenvalue weighted by atomic mass is 35.5. The number of sulfonamides is 4. The van der Waals surface area contributed by atoms with Crippen molar-refractivity contribution in [3.8, 4) is 0 Å². The molecule has 0 saturated carbocycles. The van der Waals surface area contributed by atoms with Crippen LogP contribution in [0.4, 0.5) is 28.4 Å². The normalized spacial score (nSPS) is 18.9. The van der Waals surface area contributed by atoms with E-state index in [0.29, 0.717) is 60.8 Å². The Hall–Kier alpha value is -8.65. The molecule has 0 bridgehead atoms. The molecule has 6 aromatic heterocycles. The van der Waals surface area contributed by atoms with Crippen molar-refractivity contribution in [1.82, 2.24) is 79.4 Å². The van der Waals surface area contributed by atoms with Crippen LogP contribution in [0.1, 0.15) is 122 Å². The van der Waals surface area contributed by atoms with Crippen LogP contribution in [0.3, 0.4) is 0 Å². The molecule has 2 atom stereocenters. The van der Waals surface area contributed by atoms with Gasteiger partial charge in [-0.3, -0.25) is 44.1 Å². The fourth-order valence-electron chi connectivity index (χ4n) is 16.3. The van der Waals surface area contributed by atoms with E-state index in [1.807, 2.05) is 85.5 Å². The van der Waals surface area contributed by atoms with Crippen LogP contribution in [-0.2, 0) is 49.7 Å². The van der Waals surface area contributed by atoms with Crippen molar-refractivity contribution in [3.05, 3.63) is 136 Å². The van der Waals surface area contributed by atoms with Crippen molar-refractivity contribution in [2.45, 2.75) is 123 Å². The molecule has 31 nitrogen and oxygen atoms in total. The number of hydrogen-bond donors (Lipinski definition) is 7. The number of amides is 2. The zero-order valence-electron chi connectivity index (χ0n) is 66.6. The van der Waals surface area contributed by atoms with Crippen molar-refractivity contribution in [2.75, 3.05) is 128 Å². The van der Waals surface area contributed by atoms with E-state index in [2.05, 4.69) is 113 Å². The molecule has 7 N–H and O–H groups in total. The first-order valence-electron chi connectivity index (χ1n) is 38.1. The summed E-state index contributed by atoms with van der Waals surface area (Å²) in [6.45, 7) is 18.9. The first-order chi connectivity index (χ1) is 54.2. The Morgan fingerprint density at radius 1 is 0.478 bits per heavy atom. The largest absolute Gasteiger partial charge is 0.371 e. The Labute approximate surface area is 686 Å². The molecule has 115 heavy (non-hydrogen) atoms. The Morgan fingerprint density at radius 2 is 0.852 bits per heavy atom. The number of halogens is 3. The minimum atomic E-state index is -3.37. The van der Waals surface area contributed by atoms with Gasteiger partial charge in [0.25, 0.3) is 0 Å². The third-order valence-corrected chi connectivity index (χ3v) is 27.9. The standard InChI is InChI=1S/C16H21ClN4O.C16H22N4O3S.C15H16ClN5.C15H21ClN4O2S.C15H22N4O4S2/c1-10(22)19-15-4-5-21(9-16(15,2)3)14-7-11(17)6-13-12(14)8-18-20-13;1-11(21)19(2)13-8-14(15-10-17-18-16(15)9-13)12-4-6-20(7-5-12)24(3,22)23;16-11-8-14-13(10-17-19-14)15(9-11)20-6-2-12(3-7-20)21-5-1-4-18-21;1-15(2)9-20(5-4-14(15)19-23(3,21)22)13-7-10(16)6-12-11(13)8-17-18-12;1-18(24(2,20)21)12-8-13(14-10-16-17-15(14)9-12)11-4-6-19(7-5-11)25(3,22)23/h6-8,15H,4-5,9H2,1-3H3,(H,18,20)(H,19,22);8-10,12H,4-7H2,1-3H3,(H,17,18);1,4-5,8-10,12H,2-3,6-7H2,(H,17,19);6-8,14,19H,4-5,9H2,1-3H3,(H,17,18);8-11H,4-7H2,1-3H3,(H,16,17). The highest BCUT2D eigenvalue weighted by molar-refractivity contribution is 7.92. The molecular weight excluding hydrogens is 1610 g/mol. The number of carbonyl (C=O) groups is 2. The Bertz CT molecular complexity index is 5770. The zero-order chi connectivity index (χ0) is 82.9. The molecule has 11 heterocycles. The fourth-order valence-corrected chi connectivity index (χ4v) is 20.1. The van der Waals surface area contributed by atoms with Gasteiger partial charge in [0.2, 0.25) is 51.9 Å². The lowest BCUT2D eigenvalue weighted by Gasteiger charge is -2.45. The van der Waals surface area contributed by atoms with Gasteiger partial charge in [-0.05, 0) is 146 Å². The molecule has 5 fully saturated rings. The summed E-state index contributed by atoms with van der Waals surface area (Å²) in [4.78, 5) is 31.7. The monoisotopic (exact) mass is 1710 g/mol. The van der Waals surface area contributed by atoms with Gasteiger partial charge in [-0.15, -0.1) is 0 Å². The summed E-state index contributed by atoms with van der Waals surface area (Å²) in [6.07, 6.45) is 24.5. The number of piperidine rings is 5. The van der Waals surface area contributed by atoms with E-state index in [4.69, 9.17) is 34.8 Å². The number of hydrogen-bond acceptors (Lipinski definition) is 19. The van der Waals surface area contributed by atoms with Gasteiger partial charge in [-0.2, -0.15) is 30.6 Å². The van der Waals surface area contributed by atoms with Gasteiger partial charge in [0, 0.05) is 188 Å². The Kier molecular flexibility index (Phi) is 26.0. The van der Waals surface area contributed by atoms with Gasteiger partial charge in [0.15, 0.2) is 0 Å². The predicted octanol–water partition coefficient (Wildman–Crippen LogP) is 11.4. The maximum Gasteiger partial charge on any atom is 0.231 e. The molecular formula is C77H102Cl3N21O10S4. The van der Waals surface area contributed by atoms with E-state index in [1.165, 1.54) is 51.3 Å². The predicted molar refractivity (Wildman–Crippen MR) is 458 cm³/mol.